The molecule has 2 aliphatic heterocycles. The molecule has 2 aliphatic rings. The van der Waals surface area contributed by atoms with E-state index in [2.05, 4.69) is 0 Å². The van der Waals surface area contributed by atoms with Gasteiger partial charge < -0.3 is 9.80 Å². The number of fused-ring (bicyclic) bond motifs is 1. The number of hydrogen-bond donors (Lipinski definition) is 0. The van der Waals surface area contributed by atoms with E-state index in [0.29, 0.717) is 5.11 Å². The molecule has 2 heterocycles. The first-order valence-electron chi connectivity index (χ1n) is 6.09. The van der Waals surface area contributed by atoms with Crippen molar-refractivity contribution in [2.45, 2.75) is 6.04 Å². The van der Waals surface area contributed by atoms with Crippen LogP contribution in [0.4, 0.5) is 11.4 Å². The number of benzene rings is 1. The van der Waals surface area contributed by atoms with E-state index in [1.54, 1.807) is 16.7 Å². The standard InChI is InChI=1S/C13H15N3OS2/c1-14(2)9-3-5-10(6-4-9)16-12(17)11-7-19-8-15(11)13(16)18/h3-6,11H,7-8H2,1-2H3/t11-/m0/s1. The summed E-state index contributed by atoms with van der Waals surface area (Å²) in [5.41, 5.74) is 1.97. The molecule has 0 aliphatic carbocycles. The molecule has 1 aromatic rings. The van der Waals surface area contributed by atoms with E-state index in [-0.39, 0.29) is 11.9 Å². The Balaban J connectivity index is 1.90. The fourth-order valence-electron chi connectivity index (χ4n) is 2.35. The SMILES string of the molecule is CN(C)c1ccc(N2C(=O)[C@@H]3CSCN3C2=S)cc1. The Morgan fingerprint density at radius 3 is 2.58 bits per heavy atom. The van der Waals surface area contributed by atoms with Crippen LogP contribution in [0.15, 0.2) is 24.3 Å². The Kier molecular flexibility index (Phi) is 3.14. The molecule has 0 spiro atoms. The third-order valence-electron chi connectivity index (χ3n) is 3.45. The first kappa shape index (κ1) is 12.7. The molecule has 1 amide bonds. The van der Waals surface area contributed by atoms with Gasteiger partial charge in [-0.3, -0.25) is 9.69 Å². The lowest BCUT2D eigenvalue weighted by Gasteiger charge is -2.19. The Labute approximate surface area is 122 Å². The highest BCUT2D eigenvalue weighted by molar-refractivity contribution is 7.99. The molecule has 0 saturated carbocycles. The maximum Gasteiger partial charge on any atom is 0.256 e. The molecule has 0 N–H and O–H groups in total. The van der Waals surface area contributed by atoms with Crippen molar-refractivity contribution in [1.82, 2.24) is 4.90 Å². The number of thioether (sulfide) groups is 1. The summed E-state index contributed by atoms with van der Waals surface area (Å²) in [6.07, 6.45) is 0. The van der Waals surface area contributed by atoms with Crippen molar-refractivity contribution in [1.29, 1.82) is 0 Å². The second-order valence-corrected chi connectivity index (χ2v) is 6.22. The molecule has 100 valence electrons. The number of nitrogens with zero attached hydrogens (tertiary/aromatic N) is 3. The van der Waals surface area contributed by atoms with E-state index < -0.39 is 0 Å². The minimum atomic E-state index is -0.0639. The summed E-state index contributed by atoms with van der Waals surface area (Å²) in [5, 5.41) is 0.637. The third kappa shape index (κ3) is 1.99. The summed E-state index contributed by atoms with van der Waals surface area (Å²) in [7, 11) is 3.99. The Hall–Kier alpha value is -1.27. The molecular weight excluding hydrogens is 278 g/mol. The van der Waals surface area contributed by atoms with Gasteiger partial charge in [0.05, 0.1) is 11.6 Å². The normalized spacial score (nSPS) is 22.1. The van der Waals surface area contributed by atoms with Crippen LogP contribution >= 0.6 is 24.0 Å². The van der Waals surface area contributed by atoms with Crippen molar-refractivity contribution >= 4 is 46.4 Å². The number of amides is 1. The van der Waals surface area contributed by atoms with E-state index in [9.17, 15) is 4.79 Å². The molecule has 2 fully saturated rings. The van der Waals surface area contributed by atoms with Gasteiger partial charge in [0.1, 0.15) is 6.04 Å². The van der Waals surface area contributed by atoms with Gasteiger partial charge in [0.2, 0.25) is 0 Å². The summed E-state index contributed by atoms with van der Waals surface area (Å²) in [6, 6.07) is 7.85. The first-order chi connectivity index (χ1) is 9.09. The van der Waals surface area contributed by atoms with Crippen molar-refractivity contribution < 1.29 is 4.79 Å². The molecule has 6 heteroatoms. The van der Waals surface area contributed by atoms with E-state index in [4.69, 9.17) is 12.2 Å². The van der Waals surface area contributed by atoms with Crippen molar-refractivity contribution in [2.24, 2.45) is 0 Å². The topological polar surface area (TPSA) is 26.8 Å². The van der Waals surface area contributed by atoms with Gasteiger partial charge in [-0.2, -0.15) is 0 Å². The fraction of sp³-hybridized carbons (Fsp3) is 0.385. The van der Waals surface area contributed by atoms with Crippen LogP contribution in [0.1, 0.15) is 0 Å². The summed E-state index contributed by atoms with van der Waals surface area (Å²) in [4.78, 5) is 18.1. The lowest BCUT2D eigenvalue weighted by molar-refractivity contribution is -0.118. The van der Waals surface area contributed by atoms with Gasteiger partial charge in [0.15, 0.2) is 5.11 Å². The van der Waals surface area contributed by atoms with Crippen LogP contribution in [-0.2, 0) is 4.79 Å². The monoisotopic (exact) mass is 293 g/mol. The minimum Gasteiger partial charge on any atom is -0.378 e. The lowest BCUT2D eigenvalue weighted by Crippen LogP contribution is -2.32. The van der Waals surface area contributed by atoms with Gasteiger partial charge >= 0.3 is 0 Å². The molecule has 0 bridgehead atoms. The number of rotatable bonds is 2. The molecular formula is C13H15N3OS2. The Bertz CT molecular complexity index is 507. The molecule has 19 heavy (non-hydrogen) atoms. The van der Waals surface area contributed by atoms with E-state index in [1.165, 1.54) is 0 Å². The second-order valence-electron chi connectivity index (χ2n) is 4.85. The highest BCUT2D eigenvalue weighted by atomic mass is 32.2. The zero-order valence-corrected chi connectivity index (χ0v) is 12.5. The van der Waals surface area contributed by atoms with Crippen LogP contribution in [-0.4, -0.2) is 47.7 Å². The summed E-state index contributed by atoms with van der Waals surface area (Å²) in [6.45, 7) is 0. The van der Waals surface area contributed by atoms with Crippen LogP contribution in [0, 0.1) is 0 Å². The fourth-order valence-corrected chi connectivity index (χ4v) is 3.96. The number of carbonyl (C=O) groups excluding carboxylic acids is 1. The van der Waals surface area contributed by atoms with E-state index in [0.717, 1.165) is 23.0 Å². The van der Waals surface area contributed by atoms with Crippen molar-refractivity contribution in [2.75, 3.05) is 35.5 Å². The third-order valence-corrected chi connectivity index (χ3v) is 4.88. The minimum absolute atomic E-state index is 0.0639. The van der Waals surface area contributed by atoms with Crippen LogP contribution in [0.5, 0.6) is 0 Å². The molecule has 1 aromatic carbocycles. The lowest BCUT2D eigenvalue weighted by atomic mass is 10.2. The van der Waals surface area contributed by atoms with Gasteiger partial charge in [0.25, 0.3) is 5.91 Å². The number of anilines is 2. The molecule has 0 aromatic heterocycles. The summed E-state index contributed by atoms with van der Waals surface area (Å²) >= 11 is 7.19. The maximum absolute atomic E-state index is 12.4. The smallest absolute Gasteiger partial charge is 0.256 e. The second kappa shape index (κ2) is 4.68. The summed E-state index contributed by atoms with van der Waals surface area (Å²) in [5.74, 6) is 1.76. The predicted molar refractivity (Wildman–Crippen MR) is 83.8 cm³/mol. The molecule has 1 atom stereocenters. The van der Waals surface area contributed by atoms with Crippen LogP contribution < -0.4 is 9.80 Å². The highest BCUT2D eigenvalue weighted by Gasteiger charge is 2.45. The number of hydrogen-bond acceptors (Lipinski definition) is 4. The molecule has 0 unspecified atom stereocenters. The van der Waals surface area contributed by atoms with E-state index in [1.807, 2.05) is 48.2 Å². The van der Waals surface area contributed by atoms with Gasteiger partial charge in [-0.25, -0.2) is 0 Å². The molecule has 4 nitrogen and oxygen atoms in total. The van der Waals surface area contributed by atoms with Crippen molar-refractivity contribution in [3.8, 4) is 0 Å². The van der Waals surface area contributed by atoms with Gasteiger partial charge in [-0.15, -0.1) is 11.8 Å². The molecule has 3 rings (SSSR count). The van der Waals surface area contributed by atoms with E-state index >= 15 is 0 Å². The van der Waals surface area contributed by atoms with Gasteiger partial charge in [-0.05, 0) is 36.5 Å². The summed E-state index contributed by atoms with van der Waals surface area (Å²) < 4.78 is 0. The predicted octanol–water partition coefficient (Wildman–Crippen LogP) is 1.76. The number of thiocarbonyl (C=S) groups is 1. The zero-order chi connectivity index (χ0) is 13.6. The van der Waals surface area contributed by atoms with Gasteiger partial charge in [0, 0.05) is 25.5 Å². The maximum atomic E-state index is 12.4. The average Bonchev–Trinajstić information content (AvgIpc) is 2.95. The molecule has 0 radical (unpaired) electrons. The number of carbonyl (C=O) groups is 1. The average molecular weight is 293 g/mol. The van der Waals surface area contributed by atoms with Crippen LogP contribution in [0.2, 0.25) is 0 Å². The highest BCUT2D eigenvalue weighted by Crippen LogP contribution is 2.33. The Morgan fingerprint density at radius 2 is 2.00 bits per heavy atom. The zero-order valence-electron chi connectivity index (χ0n) is 10.9. The largest absolute Gasteiger partial charge is 0.378 e. The van der Waals surface area contributed by atoms with Crippen LogP contribution in [0.25, 0.3) is 0 Å². The van der Waals surface area contributed by atoms with Crippen molar-refractivity contribution in [3.05, 3.63) is 24.3 Å². The first-order valence-corrected chi connectivity index (χ1v) is 7.65. The molecule has 2 saturated heterocycles. The van der Waals surface area contributed by atoms with Crippen LogP contribution in [0.3, 0.4) is 0 Å². The quantitative estimate of drug-likeness (QED) is 0.774. The Morgan fingerprint density at radius 1 is 1.32 bits per heavy atom. The van der Waals surface area contributed by atoms with Crippen molar-refractivity contribution in [3.63, 3.8) is 0 Å². The van der Waals surface area contributed by atoms with Gasteiger partial charge in [-0.1, -0.05) is 0 Å².